The average molecular weight is 240 g/mol. The van der Waals surface area contributed by atoms with Crippen molar-refractivity contribution >= 4 is 5.91 Å². The Morgan fingerprint density at radius 2 is 1.94 bits per heavy atom. The van der Waals surface area contributed by atoms with Crippen LogP contribution in [0.4, 0.5) is 0 Å². The van der Waals surface area contributed by atoms with E-state index in [1.165, 1.54) is 0 Å². The maximum atomic E-state index is 12.0. The molecule has 0 bridgehead atoms. The van der Waals surface area contributed by atoms with E-state index >= 15 is 0 Å². The lowest BCUT2D eigenvalue weighted by atomic mass is 10.1. The van der Waals surface area contributed by atoms with E-state index < -0.39 is 0 Å². The molecule has 2 rings (SSSR count). The van der Waals surface area contributed by atoms with Crippen molar-refractivity contribution in [1.29, 1.82) is 0 Å². The Morgan fingerprint density at radius 1 is 1.22 bits per heavy atom. The van der Waals surface area contributed by atoms with Gasteiger partial charge in [0.15, 0.2) is 0 Å². The SMILES string of the molecule is COc1ccccc1C(=O)NCc1cc[c]cc1. The van der Waals surface area contributed by atoms with Crippen LogP contribution in [0.25, 0.3) is 0 Å². The van der Waals surface area contributed by atoms with E-state index in [1.54, 1.807) is 19.2 Å². The van der Waals surface area contributed by atoms with Gasteiger partial charge in [0.25, 0.3) is 5.91 Å². The van der Waals surface area contributed by atoms with Gasteiger partial charge in [0, 0.05) is 6.54 Å². The van der Waals surface area contributed by atoms with E-state index in [0.717, 1.165) is 5.56 Å². The minimum absolute atomic E-state index is 0.139. The zero-order valence-electron chi connectivity index (χ0n) is 10.1. The van der Waals surface area contributed by atoms with Crippen LogP contribution < -0.4 is 10.1 Å². The van der Waals surface area contributed by atoms with Crippen molar-refractivity contribution in [2.75, 3.05) is 7.11 Å². The number of nitrogens with one attached hydrogen (secondary N) is 1. The Labute approximate surface area is 106 Å². The zero-order chi connectivity index (χ0) is 12.8. The molecule has 91 valence electrons. The second-order valence-corrected chi connectivity index (χ2v) is 3.79. The van der Waals surface area contributed by atoms with Gasteiger partial charge in [-0.25, -0.2) is 0 Å². The summed E-state index contributed by atoms with van der Waals surface area (Å²) in [4.78, 5) is 12.0. The molecule has 0 aromatic heterocycles. The van der Waals surface area contributed by atoms with E-state index in [2.05, 4.69) is 11.4 Å². The van der Waals surface area contributed by atoms with Crippen molar-refractivity contribution in [3.05, 3.63) is 65.7 Å². The second kappa shape index (κ2) is 5.87. The zero-order valence-corrected chi connectivity index (χ0v) is 10.1. The number of rotatable bonds is 4. The molecule has 1 N–H and O–H groups in total. The van der Waals surface area contributed by atoms with Crippen molar-refractivity contribution in [3.8, 4) is 5.75 Å². The number of hydrogen-bond donors (Lipinski definition) is 1. The van der Waals surface area contributed by atoms with Gasteiger partial charge in [0.2, 0.25) is 0 Å². The summed E-state index contributed by atoms with van der Waals surface area (Å²) >= 11 is 0. The lowest BCUT2D eigenvalue weighted by molar-refractivity contribution is 0.0948. The van der Waals surface area contributed by atoms with Gasteiger partial charge in [-0.1, -0.05) is 36.4 Å². The van der Waals surface area contributed by atoms with Crippen molar-refractivity contribution in [3.63, 3.8) is 0 Å². The molecule has 0 atom stereocenters. The van der Waals surface area contributed by atoms with E-state index in [-0.39, 0.29) is 5.91 Å². The summed E-state index contributed by atoms with van der Waals surface area (Å²) in [6.45, 7) is 0.492. The monoisotopic (exact) mass is 240 g/mol. The number of para-hydroxylation sites is 1. The normalized spacial score (nSPS) is 9.83. The Bertz CT molecular complexity index is 523. The minimum atomic E-state index is -0.139. The summed E-state index contributed by atoms with van der Waals surface area (Å²) < 4.78 is 5.15. The van der Waals surface area contributed by atoms with Crippen LogP contribution in [-0.4, -0.2) is 13.0 Å². The van der Waals surface area contributed by atoms with Crippen LogP contribution in [0.2, 0.25) is 0 Å². The molecule has 2 aromatic rings. The molecule has 0 unspecified atom stereocenters. The number of ether oxygens (including phenoxy) is 1. The van der Waals surface area contributed by atoms with E-state index in [0.29, 0.717) is 17.9 Å². The number of benzene rings is 2. The molecule has 3 nitrogen and oxygen atoms in total. The van der Waals surface area contributed by atoms with Gasteiger partial charge in [0.05, 0.1) is 12.7 Å². The minimum Gasteiger partial charge on any atom is -0.496 e. The lowest BCUT2D eigenvalue weighted by Crippen LogP contribution is -2.23. The molecule has 0 saturated heterocycles. The molecule has 0 fully saturated rings. The van der Waals surface area contributed by atoms with Crippen molar-refractivity contribution in [1.82, 2.24) is 5.32 Å². The number of methoxy groups -OCH3 is 1. The van der Waals surface area contributed by atoms with Gasteiger partial charge in [0.1, 0.15) is 5.75 Å². The Hall–Kier alpha value is -2.29. The highest BCUT2D eigenvalue weighted by Gasteiger charge is 2.10. The van der Waals surface area contributed by atoms with Crippen LogP contribution in [0.3, 0.4) is 0 Å². The smallest absolute Gasteiger partial charge is 0.255 e. The fraction of sp³-hybridized carbons (Fsp3) is 0.133. The average Bonchev–Trinajstić information content (AvgIpc) is 2.45. The topological polar surface area (TPSA) is 38.3 Å². The molecule has 0 aliphatic heterocycles. The van der Waals surface area contributed by atoms with Gasteiger partial charge in [-0.3, -0.25) is 4.79 Å². The predicted octanol–water partition coefficient (Wildman–Crippen LogP) is 2.43. The highest BCUT2D eigenvalue weighted by molar-refractivity contribution is 5.96. The second-order valence-electron chi connectivity index (χ2n) is 3.79. The molecule has 0 spiro atoms. The molecular weight excluding hydrogens is 226 g/mol. The third kappa shape index (κ3) is 2.88. The third-order valence-electron chi connectivity index (χ3n) is 2.59. The van der Waals surface area contributed by atoms with Crippen LogP contribution in [0, 0.1) is 6.07 Å². The number of carbonyl (C=O) groups is 1. The first-order valence-electron chi connectivity index (χ1n) is 5.67. The molecule has 1 amide bonds. The summed E-state index contributed by atoms with van der Waals surface area (Å²) in [5.41, 5.74) is 1.58. The molecule has 18 heavy (non-hydrogen) atoms. The van der Waals surface area contributed by atoms with E-state index in [1.807, 2.05) is 36.4 Å². The highest BCUT2D eigenvalue weighted by atomic mass is 16.5. The van der Waals surface area contributed by atoms with Crippen LogP contribution in [0.15, 0.2) is 48.5 Å². The number of carbonyl (C=O) groups excluding carboxylic acids is 1. The summed E-state index contributed by atoms with van der Waals surface area (Å²) in [6.07, 6.45) is 0. The molecule has 1 radical (unpaired) electrons. The standard InChI is InChI=1S/C15H14NO2/c1-18-14-10-6-5-9-13(14)15(17)16-11-12-7-3-2-4-8-12/h3-10H,11H2,1H3,(H,16,17). The maximum Gasteiger partial charge on any atom is 0.255 e. The van der Waals surface area contributed by atoms with Gasteiger partial charge >= 0.3 is 0 Å². The van der Waals surface area contributed by atoms with E-state index in [4.69, 9.17) is 4.74 Å². The van der Waals surface area contributed by atoms with Crippen molar-refractivity contribution in [2.45, 2.75) is 6.54 Å². The largest absolute Gasteiger partial charge is 0.496 e. The first-order chi connectivity index (χ1) is 8.81. The predicted molar refractivity (Wildman–Crippen MR) is 69.4 cm³/mol. The highest BCUT2D eigenvalue weighted by Crippen LogP contribution is 2.16. The van der Waals surface area contributed by atoms with Gasteiger partial charge in [-0.15, -0.1) is 0 Å². The Morgan fingerprint density at radius 3 is 2.67 bits per heavy atom. The quantitative estimate of drug-likeness (QED) is 0.891. The van der Waals surface area contributed by atoms with Crippen molar-refractivity contribution < 1.29 is 9.53 Å². The van der Waals surface area contributed by atoms with Crippen LogP contribution in [0.1, 0.15) is 15.9 Å². The first kappa shape index (κ1) is 12.2. The first-order valence-corrected chi connectivity index (χ1v) is 5.67. The summed E-state index contributed by atoms with van der Waals surface area (Å²) in [5.74, 6) is 0.441. The molecular formula is C15H14NO2. The summed E-state index contributed by atoms with van der Waals surface area (Å²) in [7, 11) is 1.55. The Balaban J connectivity index is 2.04. The summed E-state index contributed by atoms with van der Waals surface area (Å²) in [5, 5.41) is 2.86. The van der Waals surface area contributed by atoms with Crippen molar-refractivity contribution in [2.24, 2.45) is 0 Å². The maximum absolute atomic E-state index is 12.0. The number of amides is 1. The third-order valence-corrected chi connectivity index (χ3v) is 2.59. The molecule has 0 aliphatic carbocycles. The van der Waals surface area contributed by atoms with Gasteiger partial charge in [-0.2, -0.15) is 0 Å². The molecule has 2 aromatic carbocycles. The fourth-order valence-corrected chi connectivity index (χ4v) is 1.65. The van der Waals surface area contributed by atoms with Gasteiger partial charge < -0.3 is 10.1 Å². The molecule has 0 heterocycles. The Kier molecular flexibility index (Phi) is 3.97. The fourth-order valence-electron chi connectivity index (χ4n) is 1.65. The molecule has 3 heteroatoms. The van der Waals surface area contributed by atoms with Crippen LogP contribution >= 0.6 is 0 Å². The summed E-state index contributed by atoms with van der Waals surface area (Å²) in [6, 6.07) is 17.6. The van der Waals surface area contributed by atoms with Crippen LogP contribution in [0.5, 0.6) is 5.75 Å². The van der Waals surface area contributed by atoms with E-state index in [9.17, 15) is 4.79 Å². The van der Waals surface area contributed by atoms with Gasteiger partial charge in [-0.05, 0) is 23.8 Å². The number of hydrogen-bond acceptors (Lipinski definition) is 2. The van der Waals surface area contributed by atoms with Crippen LogP contribution in [-0.2, 0) is 6.54 Å². The molecule has 0 saturated carbocycles. The lowest BCUT2D eigenvalue weighted by Gasteiger charge is -2.08. The molecule has 0 aliphatic rings.